The van der Waals surface area contributed by atoms with Crippen molar-refractivity contribution < 1.29 is 9.53 Å². The van der Waals surface area contributed by atoms with E-state index >= 15 is 0 Å². The summed E-state index contributed by atoms with van der Waals surface area (Å²) < 4.78 is 5.44. The Bertz CT molecular complexity index is 1360. The van der Waals surface area contributed by atoms with Gasteiger partial charge in [0.15, 0.2) is 0 Å². The van der Waals surface area contributed by atoms with Crippen molar-refractivity contribution in [2.24, 2.45) is 0 Å². The lowest BCUT2D eigenvalue weighted by atomic mass is 10.1. The fourth-order valence-electron chi connectivity index (χ4n) is 3.53. The van der Waals surface area contributed by atoms with Gasteiger partial charge in [0.1, 0.15) is 17.1 Å². The molecule has 3 heterocycles. The minimum absolute atomic E-state index is 0.215. The highest BCUT2D eigenvalue weighted by atomic mass is 16.5. The summed E-state index contributed by atoms with van der Waals surface area (Å²) in [6.07, 6.45) is 3.70. The molecule has 0 spiro atoms. The summed E-state index contributed by atoms with van der Waals surface area (Å²) in [6.45, 7) is 2.53. The summed E-state index contributed by atoms with van der Waals surface area (Å²) in [5.41, 5.74) is 5.75. The van der Waals surface area contributed by atoms with Crippen LogP contribution in [0.4, 0.5) is 5.69 Å². The van der Waals surface area contributed by atoms with Gasteiger partial charge in [0.2, 0.25) is 0 Å². The molecule has 7 nitrogen and oxygen atoms in total. The standard InChI is InChI=1S/C25H21N5O2/c1-2-32-18-10-8-17(9-11-18)28-25(31)16-7-12-19-22(15-16)30-24(21-6-4-14-27-21)23(29-19)20-5-3-13-26-20/h3-15,26-27H,2H2,1H3,(H,28,31). The second kappa shape index (κ2) is 8.39. The predicted molar refractivity (Wildman–Crippen MR) is 125 cm³/mol. The smallest absolute Gasteiger partial charge is 0.255 e. The zero-order valence-corrected chi connectivity index (χ0v) is 17.4. The zero-order valence-electron chi connectivity index (χ0n) is 17.4. The Kier molecular flexibility index (Phi) is 5.13. The molecule has 3 aromatic heterocycles. The lowest BCUT2D eigenvalue weighted by molar-refractivity contribution is 0.102. The highest BCUT2D eigenvalue weighted by molar-refractivity contribution is 6.06. The van der Waals surface area contributed by atoms with Crippen LogP contribution in [-0.4, -0.2) is 32.4 Å². The molecule has 0 atom stereocenters. The first-order valence-corrected chi connectivity index (χ1v) is 10.3. The van der Waals surface area contributed by atoms with Gasteiger partial charge in [0.25, 0.3) is 5.91 Å². The molecule has 5 rings (SSSR count). The number of benzene rings is 2. The minimum Gasteiger partial charge on any atom is -0.494 e. The van der Waals surface area contributed by atoms with Crippen LogP contribution in [0.5, 0.6) is 5.75 Å². The van der Waals surface area contributed by atoms with Crippen molar-refractivity contribution in [1.82, 2.24) is 19.9 Å². The van der Waals surface area contributed by atoms with E-state index < -0.39 is 0 Å². The van der Waals surface area contributed by atoms with Crippen molar-refractivity contribution in [3.8, 4) is 28.5 Å². The Morgan fingerprint density at radius 2 is 1.53 bits per heavy atom. The molecular formula is C25H21N5O2. The Morgan fingerprint density at radius 3 is 2.12 bits per heavy atom. The molecule has 0 unspecified atom stereocenters. The Morgan fingerprint density at radius 1 is 0.875 bits per heavy atom. The Labute approximate surface area is 184 Å². The third-order valence-corrected chi connectivity index (χ3v) is 5.06. The number of rotatable bonds is 6. The third-order valence-electron chi connectivity index (χ3n) is 5.06. The SMILES string of the molecule is CCOc1ccc(NC(=O)c2ccc3nc(-c4ccc[nH]4)c(-c4ccc[nH]4)nc3c2)cc1. The molecule has 32 heavy (non-hydrogen) atoms. The maximum absolute atomic E-state index is 12.8. The number of fused-ring (bicyclic) bond motifs is 1. The van der Waals surface area contributed by atoms with E-state index in [1.807, 2.05) is 73.9 Å². The van der Waals surface area contributed by atoms with E-state index in [4.69, 9.17) is 14.7 Å². The van der Waals surface area contributed by atoms with Gasteiger partial charge in [-0.05, 0) is 73.7 Å². The summed E-state index contributed by atoms with van der Waals surface area (Å²) in [7, 11) is 0. The number of aromatic amines is 2. The van der Waals surface area contributed by atoms with Crippen LogP contribution in [0, 0.1) is 0 Å². The number of aromatic nitrogens is 4. The van der Waals surface area contributed by atoms with Gasteiger partial charge in [0, 0.05) is 23.6 Å². The second-order valence-corrected chi connectivity index (χ2v) is 7.20. The van der Waals surface area contributed by atoms with Crippen LogP contribution in [0.3, 0.4) is 0 Å². The quantitative estimate of drug-likeness (QED) is 0.347. The largest absolute Gasteiger partial charge is 0.494 e. The third kappa shape index (κ3) is 3.83. The average Bonchev–Trinajstić information content (AvgIpc) is 3.54. The van der Waals surface area contributed by atoms with Gasteiger partial charge in [-0.1, -0.05) is 0 Å². The van der Waals surface area contributed by atoms with E-state index in [0.29, 0.717) is 34.6 Å². The van der Waals surface area contributed by atoms with Crippen LogP contribution in [0.1, 0.15) is 17.3 Å². The molecule has 158 valence electrons. The van der Waals surface area contributed by atoms with Gasteiger partial charge in [-0.3, -0.25) is 4.79 Å². The number of amides is 1. The molecule has 2 aromatic carbocycles. The summed E-state index contributed by atoms with van der Waals surface area (Å²) in [5.74, 6) is 0.550. The number of anilines is 1. The van der Waals surface area contributed by atoms with Crippen molar-refractivity contribution in [3.05, 3.63) is 84.7 Å². The monoisotopic (exact) mass is 423 g/mol. The zero-order chi connectivity index (χ0) is 21.9. The van der Waals surface area contributed by atoms with Crippen molar-refractivity contribution in [3.63, 3.8) is 0 Å². The number of nitrogens with one attached hydrogen (secondary N) is 3. The molecule has 3 N–H and O–H groups in total. The molecule has 0 radical (unpaired) electrons. The molecule has 5 aromatic rings. The van der Waals surface area contributed by atoms with Crippen LogP contribution in [0.2, 0.25) is 0 Å². The van der Waals surface area contributed by atoms with E-state index in [2.05, 4.69) is 15.3 Å². The number of nitrogens with zero attached hydrogens (tertiary/aromatic N) is 2. The van der Waals surface area contributed by atoms with Gasteiger partial charge in [-0.2, -0.15) is 0 Å². The molecule has 0 saturated carbocycles. The average molecular weight is 423 g/mol. The molecule has 7 heteroatoms. The molecule has 0 aliphatic rings. The number of carbonyl (C=O) groups is 1. The highest BCUT2D eigenvalue weighted by Crippen LogP contribution is 2.29. The number of ether oxygens (including phenoxy) is 1. The van der Waals surface area contributed by atoms with Crippen LogP contribution in [0.15, 0.2) is 79.1 Å². The van der Waals surface area contributed by atoms with Crippen LogP contribution >= 0.6 is 0 Å². The molecular weight excluding hydrogens is 402 g/mol. The maximum Gasteiger partial charge on any atom is 0.255 e. The maximum atomic E-state index is 12.8. The van der Waals surface area contributed by atoms with Crippen molar-refractivity contribution in [2.75, 3.05) is 11.9 Å². The van der Waals surface area contributed by atoms with Gasteiger partial charge in [-0.25, -0.2) is 9.97 Å². The lowest BCUT2D eigenvalue weighted by Gasteiger charge is -2.10. The summed E-state index contributed by atoms with van der Waals surface area (Å²) in [5, 5.41) is 2.91. The van der Waals surface area contributed by atoms with E-state index in [1.54, 1.807) is 12.1 Å². The topological polar surface area (TPSA) is 95.7 Å². The van der Waals surface area contributed by atoms with Crippen LogP contribution < -0.4 is 10.1 Å². The molecule has 0 fully saturated rings. The number of H-pyrrole nitrogens is 2. The Balaban J connectivity index is 1.49. The normalized spacial score (nSPS) is 10.9. The first-order chi connectivity index (χ1) is 15.7. The van der Waals surface area contributed by atoms with Gasteiger partial charge < -0.3 is 20.0 Å². The summed E-state index contributed by atoms with van der Waals surface area (Å²) in [4.78, 5) is 28.9. The first kappa shape index (κ1) is 19.6. The Hall–Kier alpha value is -4.39. The first-order valence-electron chi connectivity index (χ1n) is 10.3. The highest BCUT2D eigenvalue weighted by Gasteiger charge is 2.16. The van der Waals surface area contributed by atoms with Crippen molar-refractivity contribution >= 4 is 22.6 Å². The fraction of sp³-hybridized carbons (Fsp3) is 0.0800. The van der Waals surface area contributed by atoms with Crippen molar-refractivity contribution in [2.45, 2.75) is 6.92 Å². The van der Waals surface area contributed by atoms with E-state index in [-0.39, 0.29) is 5.91 Å². The molecule has 0 aliphatic heterocycles. The number of hydrogen-bond acceptors (Lipinski definition) is 4. The minimum atomic E-state index is -0.215. The predicted octanol–water partition coefficient (Wildman–Crippen LogP) is 5.27. The van der Waals surface area contributed by atoms with Gasteiger partial charge in [0.05, 0.1) is 29.0 Å². The second-order valence-electron chi connectivity index (χ2n) is 7.20. The fourth-order valence-corrected chi connectivity index (χ4v) is 3.53. The summed E-state index contributed by atoms with van der Waals surface area (Å²) in [6, 6.07) is 20.4. The number of hydrogen-bond donors (Lipinski definition) is 3. The molecule has 0 saturated heterocycles. The van der Waals surface area contributed by atoms with E-state index in [1.165, 1.54) is 0 Å². The van der Waals surface area contributed by atoms with Gasteiger partial charge >= 0.3 is 0 Å². The summed E-state index contributed by atoms with van der Waals surface area (Å²) >= 11 is 0. The van der Waals surface area contributed by atoms with Gasteiger partial charge in [-0.15, -0.1) is 0 Å². The molecule has 1 amide bonds. The van der Waals surface area contributed by atoms with E-state index in [9.17, 15) is 4.79 Å². The molecule has 0 bridgehead atoms. The molecule has 0 aliphatic carbocycles. The van der Waals surface area contributed by atoms with Crippen molar-refractivity contribution in [1.29, 1.82) is 0 Å². The van der Waals surface area contributed by atoms with Crippen LogP contribution in [0.25, 0.3) is 33.8 Å². The lowest BCUT2D eigenvalue weighted by Crippen LogP contribution is -2.12. The van der Waals surface area contributed by atoms with Crippen LogP contribution in [-0.2, 0) is 0 Å². The van der Waals surface area contributed by atoms with E-state index in [0.717, 1.165) is 22.8 Å². The number of carbonyl (C=O) groups excluding carboxylic acids is 1.